The minimum Gasteiger partial charge on any atom is -0.396 e. The van der Waals surface area contributed by atoms with Crippen molar-refractivity contribution in [3.63, 3.8) is 0 Å². The number of nitrogens with two attached hydrogens (primary N) is 1. The van der Waals surface area contributed by atoms with E-state index in [1.165, 1.54) is 6.33 Å². The second-order valence-corrected chi connectivity index (χ2v) is 4.08. The molecule has 0 amide bonds. The van der Waals surface area contributed by atoms with Crippen molar-refractivity contribution in [1.29, 1.82) is 0 Å². The summed E-state index contributed by atoms with van der Waals surface area (Å²) < 4.78 is 0. The molecule has 1 saturated heterocycles. The molecule has 0 aromatic carbocycles. The molecule has 0 bridgehead atoms. The van der Waals surface area contributed by atoms with E-state index in [4.69, 9.17) is 10.8 Å². The summed E-state index contributed by atoms with van der Waals surface area (Å²) in [6.45, 7) is 1.85. The van der Waals surface area contributed by atoms with Crippen LogP contribution in [0.3, 0.4) is 0 Å². The molecule has 1 aromatic rings. The number of aromatic nitrogens is 2. The van der Waals surface area contributed by atoms with Gasteiger partial charge >= 0.3 is 0 Å². The zero-order chi connectivity index (χ0) is 11.5. The van der Waals surface area contributed by atoms with E-state index in [1.54, 1.807) is 0 Å². The van der Waals surface area contributed by atoms with Gasteiger partial charge in [0.2, 0.25) is 0 Å². The first-order valence-electron chi connectivity index (χ1n) is 5.41. The number of H-pyrrole nitrogens is 1. The first kappa shape index (κ1) is 10.9. The Morgan fingerprint density at radius 3 is 3.25 bits per heavy atom. The Kier molecular flexibility index (Phi) is 3.09. The van der Waals surface area contributed by atoms with E-state index in [-0.39, 0.29) is 17.9 Å². The third-order valence-electron chi connectivity index (χ3n) is 2.99. The quantitative estimate of drug-likeness (QED) is 0.647. The van der Waals surface area contributed by atoms with Crippen molar-refractivity contribution in [1.82, 2.24) is 9.97 Å². The van der Waals surface area contributed by atoms with Gasteiger partial charge in [0, 0.05) is 19.7 Å². The second kappa shape index (κ2) is 4.52. The molecule has 4 N–H and O–H groups in total. The topological polar surface area (TPSA) is 95.2 Å². The molecule has 1 atom stereocenters. The smallest absolute Gasteiger partial charge is 0.276 e. The van der Waals surface area contributed by atoms with E-state index in [9.17, 15) is 4.79 Å². The highest BCUT2D eigenvalue weighted by molar-refractivity contribution is 5.61. The molecule has 0 spiro atoms. The predicted molar refractivity (Wildman–Crippen MR) is 61.3 cm³/mol. The molecule has 1 aromatic heterocycles. The maximum atomic E-state index is 11.3. The maximum Gasteiger partial charge on any atom is 0.276 e. The number of nitrogens with one attached hydrogen (secondary N) is 1. The maximum absolute atomic E-state index is 11.3. The lowest BCUT2D eigenvalue weighted by molar-refractivity contribution is 0.263. The summed E-state index contributed by atoms with van der Waals surface area (Å²) in [4.78, 5) is 19.9. The van der Waals surface area contributed by atoms with Crippen LogP contribution in [-0.2, 0) is 0 Å². The fourth-order valence-electron chi connectivity index (χ4n) is 2.10. The third-order valence-corrected chi connectivity index (χ3v) is 2.99. The molecule has 1 fully saturated rings. The first-order valence-corrected chi connectivity index (χ1v) is 5.41. The van der Waals surface area contributed by atoms with E-state index in [1.807, 2.05) is 4.90 Å². The third kappa shape index (κ3) is 2.01. The van der Waals surface area contributed by atoms with Crippen LogP contribution in [0, 0.1) is 5.92 Å². The Hall–Kier alpha value is -1.56. The van der Waals surface area contributed by atoms with Gasteiger partial charge < -0.3 is 20.7 Å². The minimum absolute atomic E-state index is 0.173. The van der Waals surface area contributed by atoms with E-state index in [2.05, 4.69) is 9.97 Å². The Balaban J connectivity index is 2.14. The summed E-state index contributed by atoms with van der Waals surface area (Å²) in [5, 5.41) is 8.87. The number of nitrogen functional groups attached to an aromatic ring is 1. The zero-order valence-electron chi connectivity index (χ0n) is 9.02. The van der Waals surface area contributed by atoms with Crippen molar-refractivity contribution in [3.05, 3.63) is 16.7 Å². The van der Waals surface area contributed by atoms with Gasteiger partial charge in [0.25, 0.3) is 5.56 Å². The SMILES string of the molecule is Nc1c(N2CCC(CCO)C2)nc[nH]c1=O. The van der Waals surface area contributed by atoms with Crippen LogP contribution in [0.4, 0.5) is 11.5 Å². The van der Waals surface area contributed by atoms with E-state index < -0.39 is 0 Å². The molecular formula is C10H16N4O2. The average molecular weight is 224 g/mol. The van der Waals surface area contributed by atoms with Gasteiger partial charge in [0.1, 0.15) is 5.69 Å². The van der Waals surface area contributed by atoms with Crippen LogP contribution in [0.25, 0.3) is 0 Å². The standard InChI is InChI=1S/C10H16N4O2/c11-8-9(12-6-13-10(8)16)14-3-1-7(5-14)2-4-15/h6-7,15H,1-5,11H2,(H,12,13,16). The number of hydrogen-bond acceptors (Lipinski definition) is 5. The summed E-state index contributed by atoms with van der Waals surface area (Å²) in [5.74, 6) is 1.02. The minimum atomic E-state index is -0.296. The van der Waals surface area contributed by atoms with Gasteiger partial charge in [-0.3, -0.25) is 4.79 Å². The largest absolute Gasteiger partial charge is 0.396 e. The molecule has 0 aliphatic carbocycles. The van der Waals surface area contributed by atoms with Crippen LogP contribution >= 0.6 is 0 Å². The molecule has 2 rings (SSSR count). The van der Waals surface area contributed by atoms with Gasteiger partial charge in [0.15, 0.2) is 5.82 Å². The lowest BCUT2D eigenvalue weighted by Gasteiger charge is -2.18. The fraction of sp³-hybridized carbons (Fsp3) is 0.600. The number of aliphatic hydroxyl groups excluding tert-OH is 1. The van der Waals surface area contributed by atoms with Crippen LogP contribution in [0.15, 0.2) is 11.1 Å². The normalized spacial score (nSPS) is 20.3. The highest BCUT2D eigenvalue weighted by Crippen LogP contribution is 2.25. The van der Waals surface area contributed by atoms with Crippen molar-refractivity contribution in [2.24, 2.45) is 5.92 Å². The highest BCUT2D eigenvalue weighted by Gasteiger charge is 2.24. The van der Waals surface area contributed by atoms with Gasteiger partial charge in [-0.05, 0) is 18.8 Å². The molecule has 1 unspecified atom stereocenters. The zero-order valence-corrected chi connectivity index (χ0v) is 9.02. The van der Waals surface area contributed by atoms with Crippen molar-refractivity contribution >= 4 is 11.5 Å². The molecule has 1 aliphatic rings. The molecule has 6 heteroatoms. The monoisotopic (exact) mass is 224 g/mol. The Morgan fingerprint density at radius 1 is 1.69 bits per heavy atom. The van der Waals surface area contributed by atoms with Crippen LogP contribution < -0.4 is 16.2 Å². The lowest BCUT2D eigenvalue weighted by atomic mass is 10.1. The van der Waals surface area contributed by atoms with Gasteiger partial charge in [-0.15, -0.1) is 0 Å². The molecule has 1 aliphatic heterocycles. The summed E-state index contributed by atoms with van der Waals surface area (Å²) in [6, 6.07) is 0. The molecular weight excluding hydrogens is 208 g/mol. The van der Waals surface area contributed by atoms with Gasteiger partial charge in [-0.1, -0.05) is 0 Å². The average Bonchev–Trinajstić information content (AvgIpc) is 2.71. The Labute approximate surface area is 93.1 Å². The molecule has 88 valence electrons. The number of aliphatic hydroxyl groups is 1. The van der Waals surface area contributed by atoms with Gasteiger partial charge in [0.05, 0.1) is 6.33 Å². The van der Waals surface area contributed by atoms with E-state index >= 15 is 0 Å². The van der Waals surface area contributed by atoms with Crippen molar-refractivity contribution < 1.29 is 5.11 Å². The van der Waals surface area contributed by atoms with Crippen LogP contribution in [0.5, 0.6) is 0 Å². The summed E-state index contributed by atoms with van der Waals surface area (Å²) >= 11 is 0. The predicted octanol–water partition coefficient (Wildman–Crippen LogP) is -0.439. The van der Waals surface area contributed by atoms with Crippen LogP contribution in [0.1, 0.15) is 12.8 Å². The summed E-state index contributed by atoms with van der Waals surface area (Å²) in [7, 11) is 0. The number of anilines is 2. The molecule has 0 radical (unpaired) electrons. The van der Waals surface area contributed by atoms with Gasteiger partial charge in [-0.25, -0.2) is 4.98 Å². The van der Waals surface area contributed by atoms with Gasteiger partial charge in [-0.2, -0.15) is 0 Å². The number of nitrogens with zero attached hydrogens (tertiary/aromatic N) is 2. The Bertz CT molecular complexity index is 418. The fourth-order valence-corrected chi connectivity index (χ4v) is 2.10. The number of rotatable bonds is 3. The number of aromatic amines is 1. The summed E-state index contributed by atoms with van der Waals surface area (Å²) in [5.41, 5.74) is 5.56. The molecule has 0 saturated carbocycles. The molecule has 6 nitrogen and oxygen atoms in total. The molecule has 16 heavy (non-hydrogen) atoms. The van der Waals surface area contributed by atoms with Crippen LogP contribution in [-0.4, -0.2) is 34.8 Å². The van der Waals surface area contributed by atoms with Crippen LogP contribution in [0.2, 0.25) is 0 Å². The first-order chi connectivity index (χ1) is 7.72. The van der Waals surface area contributed by atoms with Crippen molar-refractivity contribution in [2.75, 3.05) is 30.3 Å². The van der Waals surface area contributed by atoms with Crippen molar-refractivity contribution in [2.45, 2.75) is 12.8 Å². The number of hydrogen-bond donors (Lipinski definition) is 3. The molecule has 2 heterocycles. The Morgan fingerprint density at radius 2 is 2.50 bits per heavy atom. The summed E-state index contributed by atoms with van der Waals surface area (Å²) in [6.07, 6.45) is 3.17. The van der Waals surface area contributed by atoms with E-state index in [0.717, 1.165) is 25.9 Å². The lowest BCUT2D eigenvalue weighted by Crippen LogP contribution is -2.26. The second-order valence-electron chi connectivity index (χ2n) is 4.08. The van der Waals surface area contributed by atoms with E-state index in [0.29, 0.717) is 11.7 Å². The van der Waals surface area contributed by atoms with Crippen molar-refractivity contribution in [3.8, 4) is 0 Å². The highest BCUT2D eigenvalue weighted by atomic mass is 16.3.